The van der Waals surface area contributed by atoms with E-state index in [0.717, 1.165) is 18.4 Å². The third kappa shape index (κ3) is 2.66. The fraction of sp³-hybridized carbons (Fsp3) is 0.143. The maximum Gasteiger partial charge on any atom is 0.175 e. The van der Waals surface area contributed by atoms with E-state index in [1.165, 1.54) is 12.1 Å². The summed E-state index contributed by atoms with van der Waals surface area (Å²) in [6.45, 7) is 1.57. The summed E-state index contributed by atoms with van der Waals surface area (Å²) in [5.74, 6) is -1.20. The Morgan fingerprint density at radius 1 is 1.00 bits per heavy atom. The van der Waals surface area contributed by atoms with Crippen LogP contribution in [0.1, 0.15) is 5.56 Å². The highest BCUT2D eigenvalue weighted by Gasteiger charge is 2.15. The summed E-state index contributed by atoms with van der Waals surface area (Å²) in [6, 6.07) is 7.95. The van der Waals surface area contributed by atoms with E-state index in [0.29, 0.717) is 5.56 Å². The first-order valence-electron chi connectivity index (χ1n) is 5.56. The average Bonchev–Trinajstić information content (AvgIpc) is 2.32. The molecule has 2 rings (SSSR count). The number of rotatable bonds is 2. The fourth-order valence-electron chi connectivity index (χ4n) is 1.80. The summed E-state index contributed by atoms with van der Waals surface area (Å²) in [5, 5.41) is 0. The molecule has 0 N–H and O–H groups in total. The first kappa shape index (κ1) is 13.7. The molecule has 0 fully saturated rings. The maximum absolute atomic E-state index is 14.0. The highest BCUT2D eigenvalue weighted by atomic mass is 32.2. The van der Waals surface area contributed by atoms with Gasteiger partial charge in [0.2, 0.25) is 0 Å². The summed E-state index contributed by atoms with van der Waals surface area (Å²) in [6.07, 6.45) is 1.02. The molecule has 0 saturated carbocycles. The fourth-order valence-corrected chi connectivity index (χ4v) is 2.44. The van der Waals surface area contributed by atoms with Crippen LogP contribution in [0, 0.1) is 18.6 Å². The van der Waals surface area contributed by atoms with Gasteiger partial charge in [0.1, 0.15) is 11.6 Å². The van der Waals surface area contributed by atoms with Crippen LogP contribution in [0.25, 0.3) is 11.1 Å². The van der Waals surface area contributed by atoms with Gasteiger partial charge in [0.25, 0.3) is 0 Å². The zero-order valence-electron chi connectivity index (χ0n) is 10.4. The highest BCUT2D eigenvalue weighted by Crippen LogP contribution is 2.29. The van der Waals surface area contributed by atoms with Crippen LogP contribution in [0.15, 0.2) is 41.3 Å². The summed E-state index contributed by atoms with van der Waals surface area (Å²) >= 11 is 0. The lowest BCUT2D eigenvalue weighted by Gasteiger charge is -2.08. The van der Waals surface area contributed by atoms with Gasteiger partial charge in [0.05, 0.1) is 4.90 Å². The van der Waals surface area contributed by atoms with Crippen molar-refractivity contribution >= 4 is 9.84 Å². The van der Waals surface area contributed by atoms with Gasteiger partial charge in [-0.15, -0.1) is 0 Å². The third-order valence-electron chi connectivity index (χ3n) is 2.85. The van der Waals surface area contributed by atoms with Crippen molar-refractivity contribution in [3.05, 3.63) is 53.6 Å². The summed E-state index contributed by atoms with van der Waals surface area (Å²) < 4.78 is 50.7. The molecule has 0 aliphatic carbocycles. The van der Waals surface area contributed by atoms with E-state index in [1.54, 1.807) is 19.1 Å². The topological polar surface area (TPSA) is 34.1 Å². The van der Waals surface area contributed by atoms with Crippen LogP contribution in [0.2, 0.25) is 0 Å². The number of halogens is 2. The molecular formula is C14H12F2O2S. The van der Waals surface area contributed by atoms with Gasteiger partial charge < -0.3 is 0 Å². The van der Waals surface area contributed by atoms with Gasteiger partial charge in [-0.3, -0.25) is 0 Å². The largest absolute Gasteiger partial charge is 0.224 e. The summed E-state index contributed by atoms with van der Waals surface area (Å²) in [5.41, 5.74) is 0.383. The van der Waals surface area contributed by atoms with E-state index in [4.69, 9.17) is 0 Å². The van der Waals surface area contributed by atoms with E-state index in [1.807, 2.05) is 0 Å². The third-order valence-corrected chi connectivity index (χ3v) is 3.96. The molecule has 100 valence electrons. The van der Waals surface area contributed by atoms with Gasteiger partial charge in [-0.25, -0.2) is 17.2 Å². The molecule has 0 amide bonds. The molecule has 0 aliphatic rings. The second kappa shape index (κ2) is 4.74. The molecular weight excluding hydrogens is 270 g/mol. The van der Waals surface area contributed by atoms with E-state index in [2.05, 4.69) is 0 Å². The van der Waals surface area contributed by atoms with Crippen LogP contribution in [-0.2, 0) is 9.84 Å². The average molecular weight is 282 g/mol. The second-order valence-electron chi connectivity index (χ2n) is 4.35. The predicted molar refractivity (Wildman–Crippen MR) is 69.6 cm³/mol. The molecule has 0 spiro atoms. The maximum atomic E-state index is 14.0. The van der Waals surface area contributed by atoms with Crippen molar-refractivity contribution in [3.8, 4) is 11.1 Å². The second-order valence-corrected chi connectivity index (χ2v) is 6.37. The van der Waals surface area contributed by atoms with E-state index < -0.39 is 21.5 Å². The quantitative estimate of drug-likeness (QED) is 0.792. The molecule has 0 aliphatic heterocycles. The minimum Gasteiger partial charge on any atom is -0.224 e. The smallest absolute Gasteiger partial charge is 0.175 e. The van der Waals surface area contributed by atoms with Crippen LogP contribution in [-0.4, -0.2) is 14.7 Å². The normalized spacial score (nSPS) is 11.6. The molecule has 5 heteroatoms. The lowest BCUT2D eigenvalue weighted by Crippen LogP contribution is -1.99. The molecule has 0 heterocycles. The monoisotopic (exact) mass is 282 g/mol. The van der Waals surface area contributed by atoms with Crippen LogP contribution in [0.4, 0.5) is 8.78 Å². The van der Waals surface area contributed by atoms with E-state index in [9.17, 15) is 17.2 Å². The molecule has 2 nitrogen and oxygen atoms in total. The lowest BCUT2D eigenvalue weighted by molar-refractivity contribution is 0.599. The molecule has 2 aromatic carbocycles. The van der Waals surface area contributed by atoms with Crippen molar-refractivity contribution in [2.45, 2.75) is 11.8 Å². The molecule has 0 radical (unpaired) electrons. The molecule has 19 heavy (non-hydrogen) atoms. The van der Waals surface area contributed by atoms with Gasteiger partial charge in [-0.05, 0) is 30.7 Å². The molecule has 0 aromatic heterocycles. The molecule has 0 atom stereocenters. The van der Waals surface area contributed by atoms with Crippen LogP contribution < -0.4 is 0 Å². The minimum atomic E-state index is -3.46. The molecule has 2 aromatic rings. The van der Waals surface area contributed by atoms with Crippen LogP contribution >= 0.6 is 0 Å². The lowest BCUT2D eigenvalue weighted by atomic mass is 10.0. The number of sulfone groups is 1. The summed E-state index contributed by atoms with van der Waals surface area (Å²) in [7, 11) is -3.46. The summed E-state index contributed by atoms with van der Waals surface area (Å²) in [4.78, 5) is -0.0372. The number of hydrogen-bond donors (Lipinski definition) is 0. The van der Waals surface area contributed by atoms with Crippen LogP contribution in [0.3, 0.4) is 0 Å². The number of hydrogen-bond acceptors (Lipinski definition) is 2. The van der Waals surface area contributed by atoms with Gasteiger partial charge in [0, 0.05) is 17.4 Å². The van der Waals surface area contributed by atoms with Crippen molar-refractivity contribution in [2.75, 3.05) is 6.26 Å². The molecule has 0 saturated heterocycles. The molecule has 0 bridgehead atoms. The Kier molecular flexibility index (Phi) is 3.41. The van der Waals surface area contributed by atoms with E-state index in [-0.39, 0.29) is 16.0 Å². The van der Waals surface area contributed by atoms with Gasteiger partial charge in [0.15, 0.2) is 9.84 Å². The van der Waals surface area contributed by atoms with Crippen molar-refractivity contribution in [1.82, 2.24) is 0 Å². The van der Waals surface area contributed by atoms with Crippen molar-refractivity contribution in [2.24, 2.45) is 0 Å². The van der Waals surface area contributed by atoms with Gasteiger partial charge >= 0.3 is 0 Å². The van der Waals surface area contributed by atoms with Gasteiger partial charge in [-0.2, -0.15) is 0 Å². The number of benzene rings is 2. The van der Waals surface area contributed by atoms with Crippen molar-refractivity contribution in [1.29, 1.82) is 0 Å². The first-order chi connectivity index (χ1) is 8.80. The van der Waals surface area contributed by atoms with Crippen molar-refractivity contribution < 1.29 is 17.2 Å². The zero-order valence-corrected chi connectivity index (χ0v) is 11.3. The standard InChI is InChI=1S/C14H12F2O2S/c1-9-4-3-5-11(14(9)16)12-8-10(19(2,17)18)6-7-13(12)15/h3-8H,1-2H3. The Bertz CT molecular complexity index is 737. The Morgan fingerprint density at radius 2 is 1.68 bits per heavy atom. The molecule has 0 unspecified atom stereocenters. The first-order valence-corrected chi connectivity index (χ1v) is 7.45. The minimum absolute atomic E-state index is 0.0372. The Labute approximate surface area is 110 Å². The number of aryl methyl sites for hydroxylation is 1. The highest BCUT2D eigenvalue weighted by molar-refractivity contribution is 7.90. The van der Waals surface area contributed by atoms with Crippen LogP contribution in [0.5, 0.6) is 0 Å². The Hall–Kier alpha value is -1.75. The zero-order chi connectivity index (χ0) is 14.2. The van der Waals surface area contributed by atoms with Gasteiger partial charge in [-0.1, -0.05) is 18.2 Å². The SMILES string of the molecule is Cc1cccc(-c2cc(S(C)(=O)=O)ccc2F)c1F. The Morgan fingerprint density at radius 3 is 2.32 bits per heavy atom. The Balaban J connectivity index is 2.72. The van der Waals surface area contributed by atoms with Crippen molar-refractivity contribution in [3.63, 3.8) is 0 Å². The predicted octanol–water partition coefficient (Wildman–Crippen LogP) is 3.34. The van der Waals surface area contributed by atoms with E-state index >= 15 is 0 Å².